The lowest BCUT2D eigenvalue weighted by Gasteiger charge is -2.34. The molecule has 7 nitrogen and oxygen atoms in total. The molecule has 184 valence electrons. The zero-order valence-electron chi connectivity index (χ0n) is 20.3. The van der Waals surface area contributed by atoms with Gasteiger partial charge in [0, 0.05) is 28.2 Å². The average Bonchev–Trinajstić information content (AvgIpc) is 3.27. The van der Waals surface area contributed by atoms with E-state index < -0.39 is 18.0 Å². The molecular formula is C31H23N5O2. The van der Waals surface area contributed by atoms with E-state index in [1.165, 1.54) is 4.90 Å². The molecule has 2 atom stereocenters. The second kappa shape index (κ2) is 8.74. The summed E-state index contributed by atoms with van der Waals surface area (Å²) in [5.74, 6) is -0.262. The predicted octanol–water partition coefficient (Wildman–Crippen LogP) is 6.14. The third kappa shape index (κ3) is 3.48. The first kappa shape index (κ1) is 22.1. The molecule has 3 N–H and O–H groups in total. The second-order valence-electron chi connectivity index (χ2n) is 9.39. The van der Waals surface area contributed by atoms with Crippen LogP contribution in [0.1, 0.15) is 32.3 Å². The number of amides is 2. The summed E-state index contributed by atoms with van der Waals surface area (Å²) < 4.78 is 0. The van der Waals surface area contributed by atoms with E-state index in [0.717, 1.165) is 27.8 Å². The van der Waals surface area contributed by atoms with Gasteiger partial charge in [-0.3, -0.25) is 14.5 Å². The topological polar surface area (TPSA) is 89.6 Å². The largest absolute Gasteiger partial charge is 0.374 e. The van der Waals surface area contributed by atoms with Crippen LogP contribution in [0.25, 0.3) is 10.9 Å². The van der Waals surface area contributed by atoms with Crippen molar-refractivity contribution in [2.75, 3.05) is 10.6 Å². The van der Waals surface area contributed by atoms with E-state index in [4.69, 9.17) is 4.99 Å². The third-order valence-electron chi connectivity index (χ3n) is 7.16. The van der Waals surface area contributed by atoms with E-state index in [-0.39, 0.29) is 5.91 Å². The number of aromatic nitrogens is 1. The lowest BCUT2D eigenvalue weighted by atomic mass is 9.95. The highest BCUT2D eigenvalue weighted by Crippen LogP contribution is 2.40. The van der Waals surface area contributed by atoms with Gasteiger partial charge in [-0.1, -0.05) is 60.7 Å². The lowest BCUT2D eigenvalue weighted by Crippen LogP contribution is -2.53. The number of anilines is 2. The van der Waals surface area contributed by atoms with Gasteiger partial charge >= 0.3 is 0 Å². The molecule has 2 aliphatic rings. The Morgan fingerprint density at radius 3 is 2.37 bits per heavy atom. The molecule has 7 heteroatoms. The third-order valence-corrected chi connectivity index (χ3v) is 7.16. The Morgan fingerprint density at radius 1 is 0.789 bits per heavy atom. The SMILES string of the molecule is O=C(c1ccccc1)N1C(=O)c2ccccc2N=C2Nc3ccccc3NC(c3c[nH]c4ccccc34)C21. The molecule has 2 amide bonds. The van der Waals surface area contributed by atoms with E-state index in [9.17, 15) is 9.59 Å². The van der Waals surface area contributed by atoms with Crippen molar-refractivity contribution in [2.24, 2.45) is 4.99 Å². The molecule has 1 aromatic heterocycles. The number of imide groups is 1. The van der Waals surface area contributed by atoms with Crippen molar-refractivity contribution in [1.29, 1.82) is 0 Å². The highest BCUT2D eigenvalue weighted by atomic mass is 16.2. The van der Waals surface area contributed by atoms with Crippen molar-refractivity contribution in [3.63, 3.8) is 0 Å². The van der Waals surface area contributed by atoms with Gasteiger partial charge in [0.1, 0.15) is 11.9 Å². The molecule has 2 unspecified atom stereocenters. The first-order valence-electron chi connectivity index (χ1n) is 12.5. The van der Waals surface area contributed by atoms with Crippen LogP contribution in [0.3, 0.4) is 0 Å². The molecular weight excluding hydrogens is 474 g/mol. The fraction of sp³-hybridized carbons (Fsp3) is 0.0645. The van der Waals surface area contributed by atoms with E-state index in [1.54, 1.807) is 42.5 Å². The molecule has 4 aromatic carbocycles. The van der Waals surface area contributed by atoms with Gasteiger partial charge in [0.25, 0.3) is 11.8 Å². The van der Waals surface area contributed by atoms with E-state index in [2.05, 4.69) is 15.6 Å². The molecule has 0 saturated carbocycles. The van der Waals surface area contributed by atoms with Crippen LogP contribution >= 0.6 is 0 Å². The Morgan fingerprint density at radius 2 is 1.50 bits per heavy atom. The van der Waals surface area contributed by atoms with E-state index >= 15 is 0 Å². The monoisotopic (exact) mass is 497 g/mol. The summed E-state index contributed by atoms with van der Waals surface area (Å²) in [6.07, 6.45) is 1.95. The number of hydrogen-bond donors (Lipinski definition) is 3. The molecule has 0 bridgehead atoms. The normalized spacial score (nSPS) is 18.2. The number of hydrogen-bond acceptors (Lipinski definition) is 5. The minimum atomic E-state index is -0.769. The smallest absolute Gasteiger partial charge is 0.263 e. The van der Waals surface area contributed by atoms with Crippen molar-refractivity contribution in [3.8, 4) is 0 Å². The number of carbonyl (C=O) groups excluding carboxylic acids is 2. The van der Waals surface area contributed by atoms with Crippen molar-refractivity contribution < 1.29 is 9.59 Å². The molecule has 7 rings (SSSR count). The number of amidine groups is 1. The molecule has 38 heavy (non-hydrogen) atoms. The van der Waals surface area contributed by atoms with Gasteiger partial charge in [-0.25, -0.2) is 4.99 Å². The molecule has 0 saturated heterocycles. The highest BCUT2D eigenvalue weighted by Gasteiger charge is 2.45. The Bertz CT molecular complexity index is 1740. The summed E-state index contributed by atoms with van der Waals surface area (Å²) >= 11 is 0. The second-order valence-corrected chi connectivity index (χ2v) is 9.39. The number of rotatable bonds is 2. The molecule has 0 spiro atoms. The van der Waals surface area contributed by atoms with Crippen molar-refractivity contribution >= 4 is 45.6 Å². The van der Waals surface area contributed by atoms with Crippen LogP contribution in [-0.4, -0.2) is 33.6 Å². The summed E-state index contributed by atoms with van der Waals surface area (Å²) in [7, 11) is 0. The van der Waals surface area contributed by atoms with Crippen molar-refractivity contribution in [3.05, 3.63) is 126 Å². The summed E-state index contributed by atoms with van der Waals surface area (Å²) in [6.45, 7) is 0. The first-order valence-corrected chi connectivity index (χ1v) is 12.5. The summed E-state index contributed by atoms with van der Waals surface area (Å²) in [4.78, 5) is 38.1. The highest BCUT2D eigenvalue weighted by molar-refractivity contribution is 6.19. The Labute approximate surface area is 218 Å². The van der Waals surface area contributed by atoms with Gasteiger partial charge in [0.05, 0.1) is 28.7 Å². The van der Waals surface area contributed by atoms with Gasteiger partial charge in [-0.2, -0.15) is 0 Å². The number of benzene rings is 4. The fourth-order valence-electron chi connectivity index (χ4n) is 5.37. The Balaban J connectivity index is 1.51. The number of aromatic amines is 1. The maximum atomic E-state index is 14.2. The minimum Gasteiger partial charge on any atom is -0.374 e. The zero-order chi connectivity index (χ0) is 25.6. The Kier molecular flexibility index (Phi) is 5.07. The number of H-pyrrole nitrogens is 1. The molecule has 2 aliphatic heterocycles. The zero-order valence-corrected chi connectivity index (χ0v) is 20.3. The van der Waals surface area contributed by atoms with Crippen LogP contribution in [0.15, 0.2) is 114 Å². The van der Waals surface area contributed by atoms with Gasteiger partial charge in [0.2, 0.25) is 0 Å². The summed E-state index contributed by atoms with van der Waals surface area (Å²) in [5.41, 5.74) is 4.90. The molecule has 3 heterocycles. The van der Waals surface area contributed by atoms with Crippen LogP contribution in [-0.2, 0) is 0 Å². The van der Waals surface area contributed by atoms with E-state index in [1.807, 2.05) is 66.9 Å². The van der Waals surface area contributed by atoms with Gasteiger partial charge < -0.3 is 15.6 Å². The standard InChI is InChI=1S/C31H23N5O2/c37-30(19-10-2-1-3-11-19)36-28-27(22-18-32-23-14-6-4-12-20(22)23)33-25-16-8-9-17-26(25)35-29(28)34-24-15-7-5-13-21(24)31(36)38/h1-18,27-28,32-33H,(H,34,35). The average molecular weight is 498 g/mol. The van der Waals surface area contributed by atoms with Gasteiger partial charge in [-0.05, 0) is 42.5 Å². The van der Waals surface area contributed by atoms with E-state index in [0.29, 0.717) is 22.6 Å². The molecule has 0 aliphatic carbocycles. The molecule has 0 fully saturated rings. The van der Waals surface area contributed by atoms with Crippen LogP contribution in [0.4, 0.5) is 17.1 Å². The maximum absolute atomic E-state index is 14.2. The fourth-order valence-corrected chi connectivity index (χ4v) is 5.37. The number of nitrogens with zero attached hydrogens (tertiary/aromatic N) is 2. The van der Waals surface area contributed by atoms with Gasteiger partial charge in [-0.15, -0.1) is 0 Å². The van der Waals surface area contributed by atoms with Crippen LogP contribution < -0.4 is 10.6 Å². The Hall–Kier alpha value is -5.17. The predicted molar refractivity (Wildman–Crippen MR) is 149 cm³/mol. The lowest BCUT2D eigenvalue weighted by molar-refractivity contribution is 0.0578. The number of fused-ring (bicyclic) bond motifs is 4. The summed E-state index contributed by atoms with van der Waals surface area (Å²) in [6, 6.07) is 30.7. The number of para-hydroxylation sites is 4. The maximum Gasteiger partial charge on any atom is 0.263 e. The summed E-state index contributed by atoms with van der Waals surface area (Å²) in [5, 5.41) is 8.13. The van der Waals surface area contributed by atoms with Crippen LogP contribution in [0.2, 0.25) is 0 Å². The van der Waals surface area contributed by atoms with Crippen molar-refractivity contribution in [1.82, 2.24) is 9.88 Å². The van der Waals surface area contributed by atoms with Crippen molar-refractivity contribution in [2.45, 2.75) is 12.1 Å². The molecule has 5 aromatic rings. The quantitative estimate of drug-likeness (QED) is 0.256. The van der Waals surface area contributed by atoms with Gasteiger partial charge in [0.15, 0.2) is 0 Å². The van der Waals surface area contributed by atoms with Crippen LogP contribution in [0.5, 0.6) is 0 Å². The first-order chi connectivity index (χ1) is 18.7. The number of carbonyl (C=O) groups is 2. The number of aliphatic imine (C=N–C) groups is 1. The number of nitrogens with one attached hydrogen (secondary N) is 3. The van der Waals surface area contributed by atoms with Crippen LogP contribution in [0, 0.1) is 0 Å². The molecule has 0 radical (unpaired) electrons. The minimum absolute atomic E-state index is 0.380.